The zero-order valence-electron chi connectivity index (χ0n) is 27.1. The molecule has 0 N–H and O–H groups in total. The van der Waals surface area contributed by atoms with Gasteiger partial charge in [-0.2, -0.15) is 5.06 Å². The number of ether oxygens (including phenoxy) is 1. The molecular weight excluding hydrogens is 544 g/mol. The second kappa shape index (κ2) is 22.9. The number of unbranched alkanes of at least 4 members (excludes halogenated alkanes) is 15. The molecule has 1 aliphatic rings. The van der Waals surface area contributed by atoms with E-state index in [2.05, 4.69) is 6.92 Å². The van der Waals surface area contributed by atoms with E-state index in [1.54, 1.807) is 0 Å². The molecule has 41 heavy (non-hydrogen) atoms. The molecule has 1 saturated heterocycles. The second-order valence-corrected chi connectivity index (χ2v) is 12.3. The fraction of sp³-hybridized carbons (Fsp3) is 0.903. The number of carbonyl (C=O) groups excluding carboxylic acids is 3. The Balaban J connectivity index is 0.0000160. The molecule has 1 fully saturated rings. The van der Waals surface area contributed by atoms with Crippen molar-refractivity contribution in [1.82, 2.24) is 14.9 Å². The SMILES string of the molecule is CCCCCCCCCCCCCCCCCCN(OC)C(=O)OC(CC)N1CC(=O)N(CC[N+](C)(C)C)C1=O.[Cl-]. The number of nitrogens with zero attached hydrogens (tertiary/aromatic N) is 4. The van der Waals surface area contributed by atoms with Gasteiger partial charge in [0.15, 0.2) is 6.23 Å². The maximum atomic E-state index is 12.9. The van der Waals surface area contributed by atoms with Gasteiger partial charge in [-0.3, -0.25) is 19.4 Å². The molecule has 1 unspecified atom stereocenters. The van der Waals surface area contributed by atoms with Gasteiger partial charge in [-0.1, -0.05) is 110 Å². The molecule has 9 nitrogen and oxygen atoms in total. The van der Waals surface area contributed by atoms with Crippen LogP contribution in [0.1, 0.15) is 123 Å². The highest BCUT2D eigenvalue weighted by Gasteiger charge is 2.41. The Hall–Kier alpha value is -1.58. The van der Waals surface area contributed by atoms with Crippen molar-refractivity contribution in [2.75, 3.05) is 54.4 Å². The van der Waals surface area contributed by atoms with Crippen molar-refractivity contribution in [2.45, 2.75) is 129 Å². The third kappa shape index (κ3) is 17.2. The standard InChI is InChI=1S/C31H61N4O5.ClH/c1-7-9-10-11-12-13-14-15-16-17-18-19-20-21-22-23-24-34(39-6)31(38)40-29(8-2)33-27-28(36)32(30(33)37)25-26-35(3,4)5;/h29H,7-27H2,1-6H3;1H/q+1;/p-1. The number of amides is 4. The molecule has 0 aliphatic carbocycles. The summed E-state index contributed by atoms with van der Waals surface area (Å²) in [6.45, 7) is 5.45. The van der Waals surface area contributed by atoms with E-state index in [1.165, 1.54) is 105 Å². The molecule has 0 saturated carbocycles. The number of hydrogen-bond donors (Lipinski definition) is 0. The van der Waals surface area contributed by atoms with Crippen LogP contribution < -0.4 is 12.4 Å². The predicted molar refractivity (Wildman–Crippen MR) is 161 cm³/mol. The van der Waals surface area contributed by atoms with Crippen molar-refractivity contribution in [3.8, 4) is 0 Å². The van der Waals surface area contributed by atoms with Crippen molar-refractivity contribution in [3.05, 3.63) is 0 Å². The van der Waals surface area contributed by atoms with Gasteiger partial charge in [0, 0.05) is 6.42 Å². The fourth-order valence-corrected chi connectivity index (χ4v) is 5.01. The molecule has 0 aromatic carbocycles. The first-order valence-electron chi connectivity index (χ1n) is 16.1. The number of likely N-dealkylation sites (N-methyl/N-ethyl adjacent to an activating group) is 1. The first-order chi connectivity index (χ1) is 19.1. The molecule has 0 radical (unpaired) electrons. The number of urea groups is 1. The summed E-state index contributed by atoms with van der Waals surface area (Å²) in [6.07, 6.45) is 19.6. The lowest BCUT2D eigenvalue weighted by Gasteiger charge is -2.29. The Morgan fingerprint density at radius 3 is 1.71 bits per heavy atom. The highest BCUT2D eigenvalue weighted by molar-refractivity contribution is 6.02. The lowest BCUT2D eigenvalue weighted by atomic mass is 10.0. The third-order valence-corrected chi connectivity index (χ3v) is 7.65. The van der Waals surface area contributed by atoms with E-state index in [1.807, 2.05) is 28.1 Å². The maximum absolute atomic E-state index is 12.9. The topological polar surface area (TPSA) is 79.4 Å². The largest absolute Gasteiger partial charge is 1.00 e. The van der Waals surface area contributed by atoms with Crippen LogP contribution >= 0.6 is 0 Å². The summed E-state index contributed by atoms with van der Waals surface area (Å²) in [5.41, 5.74) is 0. The van der Waals surface area contributed by atoms with Gasteiger partial charge in [0.25, 0.3) is 5.91 Å². The van der Waals surface area contributed by atoms with Gasteiger partial charge < -0.3 is 21.6 Å². The average Bonchev–Trinajstić information content (AvgIpc) is 3.19. The van der Waals surface area contributed by atoms with Gasteiger partial charge >= 0.3 is 12.1 Å². The number of hydrogen-bond acceptors (Lipinski definition) is 5. The maximum Gasteiger partial charge on any atom is 0.435 e. The molecular formula is C31H61ClN4O5. The number of halogens is 1. The number of hydroxylamine groups is 2. The van der Waals surface area contributed by atoms with Crippen LogP contribution in [-0.4, -0.2) is 98.0 Å². The molecule has 0 aromatic rings. The van der Waals surface area contributed by atoms with Crippen LogP contribution in [0, 0.1) is 0 Å². The quantitative estimate of drug-likeness (QED) is 0.0721. The summed E-state index contributed by atoms with van der Waals surface area (Å²) in [5, 5.41) is 1.21. The van der Waals surface area contributed by atoms with Gasteiger partial charge in [-0.15, -0.1) is 0 Å². The van der Waals surface area contributed by atoms with Crippen LogP contribution in [0.25, 0.3) is 0 Å². The molecule has 242 valence electrons. The summed E-state index contributed by atoms with van der Waals surface area (Å²) >= 11 is 0. The van der Waals surface area contributed by atoms with Crippen LogP contribution in [-0.2, 0) is 14.4 Å². The molecule has 10 heteroatoms. The normalized spacial score (nSPS) is 14.4. The zero-order chi connectivity index (χ0) is 29.8. The summed E-state index contributed by atoms with van der Waals surface area (Å²) in [5.74, 6) is -0.260. The van der Waals surface area contributed by atoms with Crippen molar-refractivity contribution in [2.24, 2.45) is 0 Å². The van der Waals surface area contributed by atoms with Crippen molar-refractivity contribution in [3.63, 3.8) is 0 Å². The zero-order valence-corrected chi connectivity index (χ0v) is 27.9. The molecule has 4 amide bonds. The molecule has 1 rings (SSSR count). The molecule has 1 atom stereocenters. The third-order valence-electron chi connectivity index (χ3n) is 7.65. The van der Waals surface area contributed by atoms with Crippen LogP contribution in [0.15, 0.2) is 0 Å². The van der Waals surface area contributed by atoms with Crippen LogP contribution in [0.4, 0.5) is 9.59 Å². The number of carbonyl (C=O) groups is 3. The highest BCUT2D eigenvalue weighted by Crippen LogP contribution is 2.19. The second-order valence-electron chi connectivity index (χ2n) is 12.3. The first-order valence-corrected chi connectivity index (χ1v) is 16.1. The fourth-order valence-electron chi connectivity index (χ4n) is 5.01. The lowest BCUT2D eigenvalue weighted by Crippen LogP contribution is -3.00. The van der Waals surface area contributed by atoms with Crippen molar-refractivity contribution < 1.29 is 40.8 Å². The Morgan fingerprint density at radius 2 is 1.29 bits per heavy atom. The van der Waals surface area contributed by atoms with Crippen LogP contribution in [0.5, 0.6) is 0 Å². The minimum absolute atomic E-state index is 0. The molecule has 1 heterocycles. The minimum Gasteiger partial charge on any atom is -1.00 e. The highest BCUT2D eigenvalue weighted by atomic mass is 35.5. The Kier molecular flexibility index (Phi) is 22.1. The molecule has 0 spiro atoms. The monoisotopic (exact) mass is 604 g/mol. The van der Waals surface area contributed by atoms with Crippen LogP contribution in [0.2, 0.25) is 0 Å². The minimum atomic E-state index is -0.804. The van der Waals surface area contributed by atoms with E-state index in [9.17, 15) is 14.4 Å². The Morgan fingerprint density at radius 1 is 0.829 bits per heavy atom. The van der Waals surface area contributed by atoms with Gasteiger partial charge in [0.05, 0.1) is 47.9 Å². The van der Waals surface area contributed by atoms with Gasteiger partial charge in [0.1, 0.15) is 6.54 Å². The number of rotatable bonds is 24. The number of imide groups is 1. The van der Waals surface area contributed by atoms with E-state index >= 15 is 0 Å². The van der Waals surface area contributed by atoms with E-state index in [0.717, 1.165) is 19.3 Å². The summed E-state index contributed by atoms with van der Waals surface area (Å²) in [4.78, 5) is 46.0. The lowest BCUT2D eigenvalue weighted by molar-refractivity contribution is -0.869. The van der Waals surface area contributed by atoms with Crippen LogP contribution in [0.3, 0.4) is 0 Å². The van der Waals surface area contributed by atoms with Gasteiger partial charge in [0.2, 0.25) is 0 Å². The van der Waals surface area contributed by atoms with E-state index in [0.29, 0.717) is 30.5 Å². The van der Waals surface area contributed by atoms with Gasteiger partial charge in [-0.05, 0) is 6.42 Å². The molecule has 1 aliphatic heterocycles. The van der Waals surface area contributed by atoms with Crippen molar-refractivity contribution in [1.29, 1.82) is 0 Å². The van der Waals surface area contributed by atoms with Crippen molar-refractivity contribution >= 4 is 18.0 Å². The Bertz CT molecular complexity index is 719. The Labute approximate surface area is 257 Å². The summed E-state index contributed by atoms with van der Waals surface area (Å²) in [7, 11) is 7.49. The van der Waals surface area contributed by atoms with E-state index in [-0.39, 0.29) is 24.9 Å². The predicted octanol–water partition coefficient (Wildman–Crippen LogP) is 3.96. The van der Waals surface area contributed by atoms with E-state index < -0.39 is 18.4 Å². The molecule has 0 aromatic heterocycles. The average molecular weight is 605 g/mol. The first kappa shape index (κ1) is 39.4. The summed E-state index contributed by atoms with van der Waals surface area (Å²) < 4.78 is 6.26. The number of quaternary nitrogens is 1. The summed E-state index contributed by atoms with van der Waals surface area (Å²) in [6, 6.07) is -0.403. The van der Waals surface area contributed by atoms with Gasteiger partial charge in [-0.25, -0.2) is 9.59 Å². The van der Waals surface area contributed by atoms with E-state index in [4.69, 9.17) is 9.57 Å². The molecule has 0 bridgehead atoms. The smallest absolute Gasteiger partial charge is 0.435 e.